The average Bonchev–Trinajstić information content (AvgIpc) is 3.01. The molecule has 0 saturated heterocycles. The number of carboxylic acid groups (broad SMARTS) is 2. The normalized spacial score (nSPS) is 10.5. The van der Waals surface area contributed by atoms with Crippen molar-refractivity contribution in [3.8, 4) is 0 Å². The number of hydrogen-bond donors (Lipinski definition) is 2. The van der Waals surface area contributed by atoms with Gasteiger partial charge in [-0.05, 0) is 12.8 Å². The zero-order valence-electron chi connectivity index (χ0n) is 30.5. The van der Waals surface area contributed by atoms with E-state index in [-0.39, 0.29) is 0 Å². The molecule has 2 N–H and O–H groups in total. The van der Waals surface area contributed by atoms with Gasteiger partial charge < -0.3 is 10.2 Å². The van der Waals surface area contributed by atoms with Crippen LogP contribution in [0.3, 0.4) is 0 Å². The van der Waals surface area contributed by atoms with E-state index in [0.717, 1.165) is 32.1 Å². The van der Waals surface area contributed by atoms with E-state index >= 15 is 0 Å². The van der Waals surface area contributed by atoms with E-state index in [1.165, 1.54) is 173 Å². The Bertz CT molecular complexity index is 474. The number of aliphatic carboxylic acids is 2. The number of unbranched alkanes of at least 4 members (excludes halogenated alkanes) is 29. The first-order valence-electron chi connectivity index (χ1n) is 19.7. The summed E-state index contributed by atoms with van der Waals surface area (Å²) >= 11 is 0. The van der Waals surface area contributed by atoms with E-state index < -0.39 is 11.9 Å². The molecular weight excluding hydrogens is 544 g/mol. The Morgan fingerprint density at radius 1 is 0.341 bits per heavy atom. The SMILES string of the molecule is CCCCCCCCCCCCCCCCCC(=O)O.CCCCCCCCCCCCCCCCCC(=O)O.[CH2]CCC. The molecule has 0 unspecified atom stereocenters. The molecule has 44 heavy (non-hydrogen) atoms. The molecule has 0 bridgehead atoms. The van der Waals surface area contributed by atoms with E-state index in [1.807, 2.05) is 0 Å². The summed E-state index contributed by atoms with van der Waals surface area (Å²) in [7, 11) is 0. The standard InChI is InChI=1S/2C18H36O2.C4H9/c2*1-2-3-4-5-6-7-8-9-10-11-12-13-14-15-16-17-18(19)20;1-3-4-2/h2*2-17H2,1H3,(H,19,20);1,3-4H2,2H3. The van der Waals surface area contributed by atoms with Crippen molar-refractivity contribution in [3.63, 3.8) is 0 Å². The topological polar surface area (TPSA) is 74.6 Å². The monoisotopic (exact) mass is 626 g/mol. The summed E-state index contributed by atoms with van der Waals surface area (Å²) in [5.41, 5.74) is 0. The molecule has 0 aliphatic carbocycles. The van der Waals surface area contributed by atoms with Gasteiger partial charge in [-0.15, -0.1) is 0 Å². The zero-order chi connectivity index (χ0) is 33.2. The molecule has 4 nitrogen and oxygen atoms in total. The molecule has 0 aliphatic heterocycles. The fourth-order valence-corrected chi connectivity index (χ4v) is 5.30. The molecule has 0 aromatic carbocycles. The van der Waals surface area contributed by atoms with Crippen molar-refractivity contribution in [1.29, 1.82) is 0 Å². The largest absolute Gasteiger partial charge is 0.481 e. The van der Waals surface area contributed by atoms with Crippen LogP contribution in [0.4, 0.5) is 0 Å². The van der Waals surface area contributed by atoms with Crippen LogP contribution in [0.15, 0.2) is 0 Å². The molecule has 0 atom stereocenters. The molecular formula is C40H81O4. The third kappa shape index (κ3) is 56.7. The lowest BCUT2D eigenvalue weighted by Gasteiger charge is -2.03. The van der Waals surface area contributed by atoms with Crippen molar-refractivity contribution in [2.75, 3.05) is 0 Å². The fourth-order valence-electron chi connectivity index (χ4n) is 5.30. The van der Waals surface area contributed by atoms with Crippen LogP contribution in [0.5, 0.6) is 0 Å². The van der Waals surface area contributed by atoms with Gasteiger partial charge in [0.25, 0.3) is 0 Å². The van der Waals surface area contributed by atoms with Gasteiger partial charge in [0.15, 0.2) is 0 Å². The van der Waals surface area contributed by atoms with Crippen LogP contribution < -0.4 is 0 Å². The van der Waals surface area contributed by atoms with Gasteiger partial charge in [0.1, 0.15) is 0 Å². The van der Waals surface area contributed by atoms with Gasteiger partial charge in [-0.3, -0.25) is 9.59 Å². The van der Waals surface area contributed by atoms with Crippen molar-refractivity contribution < 1.29 is 19.8 Å². The summed E-state index contributed by atoms with van der Waals surface area (Å²) in [6, 6.07) is 0. The minimum atomic E-state index is -0.653. The van der Waals surface area contributed by atoms with Crippen LogP contribution in [-0.4, -0.2) is 22.2 Å². The Kier molecular flexibility index (Phi) is 49.9. The second-order valence-corrected chi connectivity index (χ2v) is 13.0. The van der Waals surface area contributed by atoms with Crippen LogP contribution in [0.25, 0.3) is 0 Å². The van der Waals surface area contributed by atoms with Gasteiger partial charge in [-0.1, -0.05) is 220 Å². The Hall–Kier alpha value is -1.06. The lowest BCUT2D eigenvalue weighted by molar-refractivity contribution is -0.138. The fraction of sp³-hybridized carbons (Fsp3) is 0.925. The third-order valence-corrected chi connectivity index (χ3v) is 8.34. The molecule has 0 rings (SSSR count). The lowest BCUT2D eigenvalue weighted by atomic mass is 10.0. The van der Waals surface area contributed by atoms with Gasteiger partial charge >= 0.3 is 11.9 Å². The highest BCUT2D eigenvalue weighted by Crippen LogP contribution is 2.15. The Balaban J connectivity index is -0.000000680. The Morgan fingerprint density at radius 3 is 0.636 bits per heavy atom. The predicted molar refractivity (Wildman–Crippen MR) is 195 cm³/mol. The summed E-state index contributed by atoms with van der Waals surface area (Å²) in [4.78, 5) is 20.7. The molecule has 4 heteroatoms. The molecule has 265 valence electrons. The minimum absolute atomic E-state index is 0.345. The van der Waals surface area contributed by atoms with E-state index in [2.05, 4.69) is 27.7 Å². The summed E-state index contributed by atoms with van der Waals surface area (Å²) in [6.07, 6.45) is 42.7. The van der Waals surface area contributed by atoms with Gasteiger partial charge in [0.2, 0.25) is 0 Å². The van der Waals surface area contributed by atoms with Crippen LogP contribution in [0.1, 0.15) is 239 Å². The van der Waals surface area contributed by atoms with E-state index in [4.69, 9.17) is 10.2 Å². The number of carboxylic acids is 2. The predicted octanol–water partition coefficient (Wildman–Crippen LogP) is 14.3. The van der Waals surface area contributed by atoms with E-state index in [9.17, 15) is 9.59 Å². The first kappa shape index (κ1) is 47.3. The number of rotatable bonds is 33. The first-order chi connectivity index (χ1) is 21.5. The van der Waals surface area contributed by atoms with Gasteiger partial charge in [0, 0.05) is 12.8 Å². The van der Waals surface area contributed by atoms with Crippen molar-refractivity contribution in [3.05, 3.63) is 6.92 Å². The van der Waals surface area contributed by atoms with Crippen molar-refractivity contribution in [2.24, 2.45) is 0 Å². The molecule has 0 spiro atoms. The Labute approximate surface area is 277 Å². The average molecular weight is 626 g/mol. The summed E-state index contributed by atoms with van der Waals surface area (Å²) in [5, 5.41) is 17.0. The quantitative estimate of drug-likeness (QED) is 0.0711. The lowest BCUT2D eigenvalue weighted by Crippen LogP contribution is -1.93. The smallest absolute Gasteiger partial charge is 0.303 e. The molecule has 0 aromatic rings. The summed E-state index contributed by atoms with van der Waals surface area (Å²) in [6.45, 7) is 10.3. The second-order valence-electron chi connectivity index (χ2n) is 13.0. The second kappa shape index (κ2) is 46.4. The number of carbonyl (C=O) groups is 2. The first-order valence-corrected chi connectivity index (χ1v) is 19.7. The summed E-state index contributed by atoms with van der Waals surface area (Å²) < 4.78 is 0. The molecule has 0 amide bonds. The maximum absolute atomic E-state index is 10.3. The molecule has 0 fully saturated rings. The van der Waals surface area contributed by atoms with Crippen LogP contribution in [0, 0.1) is 6.92 Å². The van der Waals surface area contributed by atoms with Gasteiger partial charge in [-0.2, -0.15) is 0 Å². The van der Waals surface area contributed by atoms with Crippen LogP contribution in [-0.2, 0) is 9.59 Å². The highest BCUT2D eigenvalue weighted by molar-refractivity contribution is 5.66. The van der Waals surface area contributed by atoms with Gasteiger partial charge in [-0.25, -0.2) is 0 Å². The number of hydrogen-bond acceptors (Lipinski definition) is 2. The molecule has 1 radical (unpaired) electrons. The van der Waals surface area contributed by atoms with Crippen LogP contribution >= 0.6 is 0 Å². The maximum atomic E-state index is 10.3. The molecule has 0 heterocycles. The van der Waals surface area contributed by atoms with E-state index in [1.54, 1.807) is 0 Å². The van der Waals surface area contributed by atoms with E-state index in [0.29, 0.717) is 12.8 Å². The minimum Gasteiger partial charge on any atom is -0.481 e. The van der Waals surface area contributed by atoms with Gasteiger partial charge in [0.05, 0.1) is 0 Å². The highest BCUT2D eigenvalue weighted by atomic mass is 16.4. The van der Waals surface area contributed by atoms with Crippen LogP contribution in [0.2, 0.25) is 0 Å². The van der Waals surface area contributed by atoms with Crippen molar-refractivity contribution in [1.82, 2.24) is 0 Å². The Morgan fingerprint density at radius 2 is 0.500 bits per heavy atom. The van der Waals surface area contributed by atoms with Crippen molar-refractivity contribution in [2.45, 2.75) is 239 Å². The molecule has 0 aromatic heterocycles. The molecule has 0 aliphatic rings. The highest BCUT2D eigenvalue weighted by Gasteiger charge is 1.98. The summed E-state index contributed by atoms with van der Waals surface area (Å²) in [5.74, 6) is -1.31. The van der Waals surface area contributed by atoms with Crippen molar-refractivity contribution >= 4 is 11.9 Å². The maximum Gasteiger partial charge on any atom is 0.303 e. The molecule has 0 saturated carbocycles. The third-order valence-electron chi connectivity index (χ3n) is 8.34. The zero-order valence-corrected chi connectivity index (χ0v) is 30.5.